The van der Waals surface area contributed by atoms with Crippen LogP contribution in [0.25, 0.3) is 0 Å². The molecule has 5 heteroatoms. The van der Waals surface area contributed by atoms with Gasteiger partial charge in [0.25, 0.3) is 5.91 Å². The highest BCUT2D eigenvalue weighted by atomic mass is 16.3. The lowest BCUT2D eigenvalue weighted by Crippen LogP contribution is -2.41. The van der Waals surface area contributed by atoms with Crippen LogP contribution in [0.3, 0.4) is 0 Å². The van der Waals surface area contributed by atoms with E-state index in [-0.39, 0.29) is 25.7 Å². The molecule has 1 aromatic rings. The van der Waals surface area contributed by atoms with E-state index >= 15 is 0 Å². The molecule has 0 aliphatic rings. The van der Waals surface area contributed by atoms with E-state index in [0.717, 1.165) is 0 Å². The molecule has 0 radical (unpaired) electrons. The fraction of sp³-hybridized carbons (Fsp3) is 0.429. The van der Waals surface area contributed by atoms with Gasteiger partial charge < -0.3 is 15.1 Å². The normalized spacial score (nSPS) is 10.9. The summed E-state index contributed by atoms with van der Waals surface area (Å²) in [6.07, 6.45) is 0. The van der Waals surface area contributed by atoms with Crippen LogP contribution >= 0.6 is 0 Å². The van der Waals surface area contributed by atoms with Gasteiger partial charge in [0.1, 0.15) is 0 Å². The van der Waals surface area contributed by atoms with E-state index in [1.165, 1.54) is 11.0 Å². The van der Waals surface area contributed by atoms with Crippen molar-refractivity contribution in [2.24, 2.45) is 5.41 Å². The van der Waals surface area contributed by atoms with Gasteiger partial charge in [-0.2, -0.15) is 5.26 Å². The predicted octanol–water partition coefficient (Wildman–Crippen LogP) is 0.621. The predicted molar refractivity (Wildman–Crippen MR) is 70.4 cm³/mol. The Balaban J connectivity index is 2.85. The Bertz CT molecular complexity index is 490. The zero-order valence-electron chi connectivity index (χ0n) is 11.1. The van der Waals surface area contributed by atoms with Gasteiger partial charge >= 0.3 is 0 Å². The maximum atomic E-state index is 12.2. The minimum atomic E-state index is -0.739. The maximum Gasteiger partial charge on any atom is 0.253 e. The molecule has 5 nitrogen and oxygen atoms in total. The molecule has 102 valence electrons. The molecule has 1 rings (SSSR count). The summed E-state index contributed by atoms with van der Waals surface area (Å²) >= 11 is 0. The maximum absolute atomic E-state index is 12.2. The van der Waals surface area contributed by atoms with Crippen molar-refractivity contribution in [2.45, 2.75) is 6.92 Å². The second-order valence-electron chi connectivity index (χ2n) is 4.98. The van der Waals surface area contributed by atoms with Crippen molar-refractivity contribution in [1.82, 2.24) is 4.90 Å². The van der Waals surface area contributed by atoms with Crippen molar-refractivity contribution in [2.75, 3.05) is 26.8 Å². The molecule has 1 amide bonds. The van der Waals surface area contributed by atoms with Crippen molar-refractivity contribution in [3.8, 4) is 6.07 Å². The number of hydrogen-bond donors (Lipinski definition) is 2. The first-order valence-corrected chi connectivity index (χ1v) is 5.93. The quantitative estimate of drug-likeness (QED) is 0.814. The molecule has 0 atom stereocenters. The van der Waals surface area contributed by atoms with E-state index < -0.39 is 5.41 Å². The summed E-state index contributed by atoms with van der Waals surface area (Å²) in [6, 6.07) is 8.41. The standard InChI is InChI=1S/C14H18N2O3/c1-14(9-17,10-18)8-16(2)13(19)12-5-3-4-11(6-12)7-15/h3-6,17-18H,8-10H2,1-2H3. The third kappa shape index (κ3) is 3.78. The van der Waals surface area contributed by atoms with Crippen LogP contribution in [-0.4, -0.2) is 47.8 Å². The average molecular weight is 262 g/mol. The van der Waals surface area contributed by atoms with Crippen LogP contribution in [-0.2, 0) is 0 Å². The summed E-state index contributed by atoms with van der Waals surface area (Å²) < 4.78 is 0. The van der Waals surface area contributed by atoms with Crippen LogP contribution in [0.15, 0.2) is 24.3 Å². The number of nitrogens with zero attached hydrogens (tertiary/aromatic N) is 2. The Morgan fingerprint density at radius 2 is 2.05 bits per heavy atom. The number of carbonyl (C=O) groups is 1. The lowest BCUT2D eigenvalue weighted by atomic mass is 9.92. The molecule has 0 aromatic heterocycles. The first-order valence-electron chi connectivity index (χ1n) is 5.93. The Labute approximate surface area is 112 Å². The molecule has 0 fully saturated rings. The smallest absolute Gasteiger partial charge is 0.253 e. The number of amides is 1. The third-order valence-corrected chi connectivity index (χ3v) is 2.97. The monoisotopic (exact) mass is 262 g/mol. The summed E-state index contributed by atoms with van der Waals surface area (Å²) in [5.41, 5.74) is 0.100. The number of hydrogen-bond acceptors (Lipinski definition) is 4. The Morgan fingerprint density at radius 3 is 2.58 bits per heavy atom. The largest absolute Gasteiger partial charge is 0.396 e. The zero-order chi connectivity index (χ0) is 14.5. The van der Waals surface area contributed by atoms with E-state index in [4.69, 9.17) is 5.26 Å². The lowest BCUT2D eigenvalue weighted by molar-refractivity contribution is 0.0366. The van der Waals surface area contributed by atoms with E-state index in [1.807, 2.05) is 6.07 Å². The van der Waals surface area contributed by atoms with E-state index in [0.29, 0.717) is 11.1 Å². The Kier molecular flexibility index (Phi) is 5.04. The zero-order valence-corrected chi connectivity index (χ0v) is 11.1. The van der Waals surface area contributed by atoms with Gasteiger partial charge in [-0.25, -0.2) is 0 Å². The summed E-state index contributed by atoms with van der Waals surface area (Å²) in [5.74, 6) is -0.245. The first kappa shape index (κ1) is 15.2. The minimum Gasteiger partial charge on any atom is -0.396 e. The van der Waals surface area contributed by atoms with E-state index in [1.54, 1.807) is 32.2 Å². The molecule has 0 bridgehead atoms. The molecule has 0 saturated heterocycles. The summed E-state index contributed by atoms with van der Waals surface area (Å²) in [6.45, 7) is 1.51. The molecular weight excluding hydrogens is 244 g/mol. The molecule has 0 heterocycles. The van der Waals surface area contributed by atoms with Gasteiger partial charge in [0.15, 0.2) is 0 Å². The van der Waals surface area contributed by atoms with Crippen molar-refractivity contribution < 1.29 is 15.0 Å². The van der Waals surface area contributed by atoms with Crippen LogP contribution in [0.1, 0.15) is 22.8 Å². The number of benzene rings is 1. The van der Waals surface area contributed by atoms with Crippen molar-refractivity contribution in [3.05, 3.63) is 35.4 Å². The van der Waals surface area contributed by atoms with Crippen LogP contribution in [0.4, 0.5) is 0 Å². The van der Waals surface area contributed by atoms with Crippen molar-refractivity contribution in [3.63, 3.8) is 0 Å². The second kappa shape index (κ2) is 6.32. The molecule has 0 spiro atoms. The highest BCUT2D eigenvalue weighted by Gasteiger charge is 2.26. The molecule has 0 saturated carbocycles. The van der Waals surface area contributed by atoms with Crippen molar-refractivity contribution >= 4 is 5.91 Å². The molecule has 1 aromatic carbocycles. The molecule has 0 aliphatic heterocycles. The fourth-order valence-corrected chi connectivity index (χ4v) is 1.74. The number of aliphatic hydroxyl groups excluding tert-OH is 2. The second-order valence-corrected chi connectivity index (χ2v) is 4.98. The van der Waals surface area contributed by atoms with E-state index in [9.17, 15) is 15.0 Å². The van der Waals surface area contributed by atoms with Crippen LogP contribution in [0, 0.1) is 16.7 Å². The van der Waals surface area contributed by atoms with Gasteiger partial charge in [-0.1, -0.05) is 13.0 Å². The Morgan fingerprint density at radius 1 is 1.42 bits per heavy atom. The van der Waals surface area contributed by atoms with Gasteiger partial charge in [-0.05, 0) is 18.2 Å². The van der Waals surface area contributed by atoms with Gasteiger partial charge in [0.05, 0.1) is 24.8 Å². The van der Waals surface area contributed by atoms with E-state index in [2.05, 4.69) is 0 Å². The topological polar surface area (TPSA) is 84.6 Å². The molecule has 0 unspecified atom stereocenters. The fourth-order valence-electron chi connectivity index (χ4n) is 1.74. The third-order valence-electron chi connectivity index (χ3n) is 2.97. The van der Waals surface area contributed by atoms with Gasteiger partial charge in [-0.3, -0.25) is 4.79 Å². The highest BCUT2D eigenvalue weighted by molar-refractivity contribution is 5.94. The van der Waals surface area contributed by atoms with Crippen LogP contribution in [0.5, 0.6) is 0 Å². The summed E-state index contributed by atoms with van der Waals surface area (Å²) in [5, 5.41) is 27.3. The Hall–Kier alpha value is -1.90. The number of rotatable bonds is 5. The van der Waals surface area contributed by atoms with Gasteiger partial charge in [0.2, 0.25) is 0 Å². The molecule has 19 heavy (non-hydrogen) atoms. The number of carbonyl (C=O) groups excluding carboxylic acids is 1. The minimum absolute atomic E-state index is 0.209. The van der Waals surface area contributed by atoms with Gasteiger partial charge in [-0.15, -0.1) is 0 Å². The molecule has 2 N–H and O–H groups in total. The summed E-state index contributed by atoms with van der Waals surface area (Å²) in [4.78, 5) is 13.6. The first-order chi connectivity index (χ1) is 8.95. The highest BCUT2D eigenvalue weighted by Crippen LogP contribution is 2.17. The number of nitriles is 1. The van der Waals surface area contributed by atoms with Gasteiger partial charge in [0, 0.05) is 24.6 Å². The average Bonchev–Trinajstić information content (AvgIpc) is 2.46. The number of aliphatic hydroxyl groups is 2. The van der Waals surface area contributed by atoms with Crippen molar-refractivity contribution in [1.29, 1.82) is 5.26 Å². The van der Waals surface area contributed by atoms with Crippen LogP contribution in [0.2, 0.25) is 0 Å². The lowest BCUT2D eigenvalue weighted by Gasteiger charge is -2.30. The van der Waals surface area contributed by atoms with Crippen LogP contribution < -0.4 is 0 Å². The SMILES string of the molecule is CN(CC(C)(CO)CO)C(=O)c1cccc(C#N)c1. The molecular formula is C14H18N2O3. The summed E-state index contributed by atoms with van der Waals surface area (Å²) in [7, 11) is 1.60. The molecule has 0 aliphatic carbocycles.